The molecule has 0 fully saturated rings. The number of rotatable bonds is 9. The quantitative estimate of drug-likeness (QED) is 0.204. The SMILES string of the molecule is COc1ccc(OC)c(N(P(c2ccccc2)c2ccccc2)P(c2ccccc2)c2ccccc2)c1. The summed E-state index contributed by atoms with van der Waals surface area (Å²) >= 11 is 0. The van der Waals surface area contributed by atoms with Gasteiger partial charge in [0.15, 0.2) is 0 Å². The lowest BCUT2D eigenvalue weighted by molar-refractivity contribution is 0.404. The van der Waals surface area contributed by atoms with Crippen LogP contribution < -0.4 is 35.1 Å². The van der Waals surface area contributed by atoms with Crippen LogP contribution in [0.15, 0.2) is 140 Å². The van der Waals surface area contributed by atoms with Crippen molar-refractivity contribution < 1.29 is 9.47 Å². The van der Waals surface area contributed by atoms with Crippen molar-refractivity contribution in [3.63, 3.8) is 0 Å². The molecule has 0 aliphatic rings. The fourth-order valence-electron chi connectivity index (χ4n) is 4.27. The molecule has 0 aliphatic carbocycles. The summed E-state index contributed by atoms with van der Waals surface area (Å²) in [5, 5.41) is 5.08. The molecule has 184 valence electrons. The molecule has 0 amide bonds. The molecule has 5 aromatic carbocycles. The number of hydrogen-bond donors (Lipinski definition) is 0. The van der Waals surface area contributed by atoms with Crippen LogP contribution in [0, 0.1) is 0 Å². The molecule has 0 radical (unpaired) electrons. The van der Waals surface area contributed by atoms with Gasteiger partial charge in [-0.2, -0.15) is 0 Å². The average molecular weight is 522 g/mol. The van der Waals surface area contributed by atoms with Crippen LogP contribution in [-0.2, 0) is 0 Å². The first-order chi connectivity index (χ1) is 18.3. The monoisotopic (exact) mass is 521 g/mol. The largest absolute Gasteiger partial charge is 0.497 e. The van der Waals surface area contributed by atoms with E-state index in [1.807, 2.05) is 12.1 Å². The smallest absolute Gasteiger partial charge is 0.142 e. The van der Waals surface area contributed by atoms with E-state index < -0.39 is 16.1 Å². The minimum Gasteiger partial charge on any atom is -0.497 e. The maximum Gasteiger partial charge on any atom is 0.142 e. The van der Waals surface area contributed by atoms with E-state index in [0.29, 0.717) is 0 Å². The van der Waals surface area contributed by atoms with Crippen molar-refractivity contribution in [1.29, 1.82) is 0 Å². The Hall–Kier alpha value is -3.64. The maximum atomic E-state index is 5.99. The highest BCUT2D eigenvalue weighted by molar-refractivity contribution is 7.90. The third kappa shape index (κ3) is 5.54. The summed E-state index contributed by atoms with van der Waals surface area (Å²) in [5.74, 6) is 1.62. The van der Waals surface area contributed by atoms with Gasteiger partial charge in [-0.3, -0.25) is 0 Å². The zero-order valence-corrected chi connectivity index (χ0v) is 22.7. The molecule has 0 saturated heterocycles. The highest BCUT2D eigenvalue weighted by atomic mass is 31.2. The highest BCUT2D eigenvalue weighted by Gasteiger charge is 2.34. The minimum absolute atomic E-state index is 0.799. The van der Waals surface area contributed by atoms with Gasteiger partial charge in [0.25, 0.3) is 0 Å². The van der Waals surface area contributed by atoms with Crippen LogP contribution in [-0.4, -0.2) is 14.2 Å². The Labute approximate surface area is 221 Å². The maximum absolute atomic E-state index is 5.99. The van der Waals surface area contributed by atoms with Crippen LogP contribution in [0.3, 0.4) is 0 Å². The fourth-order valence-corrected chi connectivity index (χ4v) is 10.3. The van der Waals surface area contributed by atoms with Crippen LogP contribution in [0.25, 0.3) is 0 Å². The van der Waals surface area contributed by atoms with Gasteiger partial charge in [0.2, 0.25) is 0 Å². The molecule has 0 aromatic heterocycles. The second-order valence-electron chi connectivity index (χ2n) is 8.29. The second-order valence-corrected chi connectivity index (χ2v) is 12.7. The number of benzene rings is 5. The summed E-state index contributed by atoms with van der Waals surface area (Å²) in [6.07, 6.45) is 0. The molecule has 5 rings (SSSR count). The molecule has 0 bridgehead atoms. The second kappa shape index (κ2) is 12.1. The lowest BCUT2D eigenvalue weighted by atomic mass is 10.3. The Bertz CT molecular complexity index is 1240. The van der Waals surface area contributed by atoms with E-state index in [1.165, 1.54) is 21.2 Å². The molecule has 0 spiro atoms. The van der Waals surface area contributed by atoms with E-state index in [1.54, 1.807) is 14.2 Å². The molecule has 0 unspecified atom stereocenters. The van der Waals surface area contributed by atoms with Crippen LogP contribution in [0.4, 0.5) is 5.69 Å². The van der Waals surface area contributed by atoms with E-state index in [2.05, 4.69) is 132 Å². The summed E-state index contributed by atoms with van der Waals surface area (Å²) in [7, 11) is 1.47. The van der Waals surface area contributed by atoms with E-state index in [-0.39, 0.29) is 0 Å². The Morgan fingerprint density at radius 1 is 0.459 bits per heavy atom. The van der Waals surface area contributed by atoms with Crippen molar-refractivity contribution in [2.75, 3.05) is 18.7 Å². The van der Waals surface area contributed by atoms with Crippen molar-refractivity contribution in [1.82, 2.24) is 0 Å². The van der Waals surface area contributed by atoms with Gasteiger partial charge in [-0.1, -0.05) is 121 Å². The molecular formula is C32H29NO2P2. The zero-order valence-electron chi connectivity index (χ0n) is 20.9. The van der Waals surface area contributed by atoms with Gasteiger partial charge in [0, 0.05) is 27.3 Å². The fraction of sp³-hybridized carbons (Fsp3) is 0.0625. The van der Waals surface area contributed by atoms with E-state index in [4.69, 9.17) is 9.47 Å². The molecule has 0 N–H and O–H groups in total. The highest BCUT2D eigenvalue weighted by Crippen LogP contribution is 2.59. The Kier molecular flexibility index (Phi) is 8.16. The summed E-state index contributed by atoms with van der Waals surface area (Å²) in [6.45, 7) is 0. The van der Waals surface area contributed by atoms with Gasteiger partial charge in [-0.25, -0.2) is 0 Å². The van der Waals surface area contributed by atoms with Gasteiger partial charge in [0.05, 0.1) is 36.1 Å². The minimum atomic E-state index is -0.990. The molecular weight excluding hydrogens is 492 g/mol. The number of nitrogens with zero attached hydrogens (tertiary/aromatic N) is 1. The lowest BCUT2D eigenvalue weighted by Crippen LogP contribution is -2.32. The third-order valence-electron chi connectivity index (χ3n) is 5.98. The summed E-state index contributed by atoms with van der Waals surface area (Å²) in [5.41, 5.74) is 1.01. The van der Waals surface area contributed by atoms with Gasteiger partial charge in [0.1, 0.15) is 11.5 Å². The molecule has 0 saturated carbocycles. The summed E-state index contributed by atoms with van der Waals surface area (Å²) in [6, 6.07) is 49.3. The summed E-state index contributed by atoms with van der Waals surface area (Å²) < 4.78 is 14.3. The zero-order chi connectivity index (χ0) is 25.5. The predicted molar refractivity (Wildman–Crippen MR) is 160 cm³/mol. The van der Waals surface area contributed by atoms with Gasteiger partial charge in [-0.15, -0.1) is 0 Å². The van der Waals surface area contributed by atoms with Crippen LogP contribution in [0.5, 0.6) is 11.5 Å². The number of hydrogen-bond acceptors (Lipinski definition) is 3. The van der Waals surface area contributed by atoms with Crippen molar-refractivity contribution in [2.45, 2.75) is 0 Å². The Morgan fingerprint density at radius 3 is 1.16 bits per heavy atom. The number of ether oxygens (including phenoxy) is 2. The molecule has 37 heavy (non-hydrogen) atoms. The Morgan fingerprint density at radius 2 is 0.838 bits per heavy atom. The molecule has 0 atom stereocenters. The number of methoxy groups -OCH3 is 2. The first-order valence-corrected chi connectivity index (χ1v) is 14.7. The first-order valence-electron chi connectivity index (χ1n) is 12.1. The molecule has 5 heteroatoms. The van der Waals surface area contributed by atoms with Crippen LogP contribution >= 0.6 is 16.1 Å². The van der Waals surface area contributed by atoms with E-state index in [0.717, 1.165) is 17.2 Å². The third-order valence-corrected chi connectivity index (χ3v) is 11.4. The lowest BCUT2D eigenvalue weighted by Gasteiger charge is -2.41. The van der Waals surface area contributed by atoms with Crippen molar-refractivity contribution in [2.24, 2.45) is 0 Å². The molecule has 3 nitrogen and oxygen atoms in total. The van der Waals surface area contributed by atoms with Gasteiger partial charge in [-0.05, 0) is 12.1 Å². The topological polar surface area (TPSA) is 21.7 Å². The average Bonchev–Trinajstić information content (AvgIpc) is 2.98. The van der Waals surface area contributed by atoms with E-state index in [9.17, 15) is 0 Å². The predicted octanol–water partition coefficient (Wildman–Crippen LogP) is 6.61. The van der Waals surface area contributed by atoms with Crippen molar-refractivity contribution in [3.8, 4) is 11.5 Å². The molecule has 0 aliphatic heterocycles. The molecule has 0 heterocycles. The normalized spacial score (nSPS) is 10.9. The standard InChI is InChI=1S/C32H29NO2P2/c1-34-26-23-24-32(35-2)31(25-26)33(36(27-15-7-3-8-16-27)28-17-9-4-10-18-28)37(29-19-11-5-12-20-29)30-21-13-6-14-22-30/h3-25H,1-2H3. The van der Waals surface area contributed by atoms with Gasteiger partial charge < -0.3 is 13.9 Å². The van der Waals surface area contributed by atoms with Crippen molar-refractivity contribution >= 4 is 43.1 Å². The molecule has 5 aromatic rings. The number of anilines is 1. The van der Waals surface area contributed by atoms with Crippen LogP contribution in [0.1, 0.15) is 0 Å². The van der Waals surface area contributed by atoms with Gasteiger partial charge >= 0.3 is 0 Å². The van der Waals surface area contributed by atoms with Crippen molar-refractivity contribution in [3.05, 3.63) is 140 Å². The Balaban J connectivity index is 1.85. The van der Waals surface area contributed by atoms with E-state index >= 15 is 0 Å². The summed E-state index contributed by atoms with van der Waals surface area (Å²) in [4.78, 5) is 0. The first kappa shape index (κ1) is 25.0. The van der Waals surface area contributed by atoms with Crippen LogP contribution in [0.2, 0.25) is 0 Å².